The summed E-state index contributed by atoms with van der Waals surface area (Å²) in [5.74, 6) is 0.760. The molecule has 4 nitrogen and oxygen atoms in total. The summed E-state index contributed by atoms with van der Waals surface area (Å²) >= 11 is 0. The van der Waals surface area contributed by atoms with Crippen molar-refractivity contribution in [2.75, 3.05) is 26.2 Å². The quantitative estimate of drug-likeness (QED) is 0.704. The van der Waals surface area contributed by atoms with E-state index >= 15 is 0 Å². The van der Waals surface area contributed by atoms with Crippen molar-refractivity contribution in [3.05, 3.63) is 70.6 Å². The zero-order valence-corrected chi connectivity index (χ0v) is 15.1. The van der Waals surface area contributed by atoms with Gasteiger partial charge in [0, 0.05) is 12.7 Å². The second-order valence-corrected chi connectivity index (χ2v) is 6.92. The molecule has 1 aromatic heterocycles. The van der Waals surface area contributed by atoms with Crippen LogP contribution in [0.15, 0.2) is 59.5 Å². The van der Waals surface area contributed by atoms with Gasteiger partial charge in [-0.2, -0.15) is 0 Å². The molecule has 0 N–H and O–H groups in total. The molecule has 0 saturated carbocycles. The number of nitrogens with zero attached hydrogens (tertiary/aromatic N) is 2. The number of likely N-dealkylation sites (tertiary alicyclic amines) is 1. The maximum absolute atomic E-state index is 13.0. The Morgan fingerprint density at radius 3 is 2.65 bits per heavy atom. The minimum atomic E-state index is -0.0122. The minimum Gasteiger partial charge on any atom is -0.492 e. The first-order valence-electron chi connectivity index (χ1n) is 9.29. The third-order valence-electron chi connectivity index (χ3n) is 5.13. The summed E-state index contributed by atoms with van der Waals surface area (Å²) in [5, 5.41) is 1.63. The molecule has 26 heavy (non-hydrogen) atoms. The average Bonchev–Trinajstić information content (AvgIpc) is 3.17. The van der Waals surface area contributed by atoms with Crippen molar-refractivity contribution in [3.63, 3.8) is 0 Å². The fourth-order valence-electron chi connectivity index (χ4n) is 3.63. The molecule has 0 spiro atoms. The Morgan fingerprint density at radius 2 is 1.85 bits per heavy atom. The van der Waals surface area contributed by atoms with E-state index in [1.54, 1.807) is 4.57 Å². The molecule has 1 aliphatic rings. The van der Waals surface area contributed by atoms with E-state index in [1.165, 1.54) is 25.9 Å². The van der Waals surface area contributed by atoms with Crippen molar-refractivity contribution >= 4 is 10.8 Å². The van der Waals surface area contributed by atoms with Crippen LogP contribution in [0.3, 0.4) is 0 Å². The van der Waals surface area contributed by atoms with Gasteiger partial charge in [0.2, 0.25) is 0 Å². The van der Waals surface area contributed by atoms with E-state index in [0.717, 1.165) is 28.9 Å². The third kappa shape index (κ3) is 3.37. The van der Waals surface area contributed by atoms with Crippen molar-refractivity contribution in [3.8, 4) is 11.4 Å². The lowest BCUT2D eigenvalue weighted by atomic mass is 10.1. The largest absolute Gasteiger partial charge is 0.492 e. The maximum atomic E-state index is 13.0. The summed E-state index contributed by atoms with van der Waals surface area (Å²) in [6, 6.07) is 15.7. The maximum Gasteiger partial charge on any atom is 0.263 e. The zero-order valence-electron chi connectivity index (χ0n) is 15.1. The molecule has 134 valence electrons. The Kier molecular flexibility index (Phi) is 4.76. The van der Waals surface area contributed by atoms with E-state index < -0.39 is 0 Å². The SMILES string of the molecule is Cc1ccccc1-n1ccc2ccc(OCCN3CCCC3)cc2c1=O. The van der Waals surface area contributed by atoms with Crippen LogP contribution in [0.2, 0.25) is 0 Å². The minimum absolute atomic E-state index is 0.0122. The Bertz CT molecular complexity index is 971. The Hall–Kier alpha value is -2.59. The molecule has 3 aromatic rings. The summed E-state index contributed by atoms with van der Waals surface area (Å²) in [7, 11) is 0. The summed E-state index contributed by atoms with van der Waals surface area (Å²) in [6.07, 6.45) is 4.42. The molecule has 4 rings (SSSR count). The van der Waals surface area contributed by atoms with Crippen LogP contribution in [0, 0.1) is 6.92 Å². The monoisotopic (exact) mass is 348 g/mol. The molecule has 1 fully saturated rings. The van der Waals surface area contributed by atoms with E-state index in [-0.39, 0.29) is 5.56 Å². The number of fused-ring (bicyclic) bond motifs is 1. The lowest BCUT2D eigenvalue weighted by Crippen LogP contribution is -2.25. The number of benzene rings is 2. The topological polar surface area (TPSA) is 34.5 Å². The molecule has 2 aromatic carbocycles. The van der Waals surface area contributed by atoms with E-state index in [2.05, 4.69) is 4.90 Å². The van der Waals surface area contributed by atoms with Crippen LogP contribution in [0.4, 0.5) is 0 Å². The van der Waals surface area contributed by atoms with Gasteiger partial charge in [0.15, 0.2) is 0 Å². The van der Waals surface area contributed by atoms with Gasteiger partial charge in [-0.25, -0.2) is 0 Å². The summed E-state index contributed by atoms with van der Waals surface area (Å²) in [5.41, 5.74) is 1.98. The highest BCUT2D eigenvalue weighted by Gasteiger charge is 2.11. The zero-order chi connectivity index (χ0) is 17.9. The fraction of sp³-hybridized carbons (Fsp3) is 0.318. The highest BCUT2D eigenvalue weighted by Crippen LogP contribution is 2.20. The first kappa shape index (κ1) is 16.9. The molecule has 4 heteroatoms. The van der Waals surface area contributed by atoms with Gasteiger partial charge in [-0.1, -0.05) is 24.3 Å². The number of aromatic nitrogens is 1. The van der Waals surface area contributed by atoms with Crippen molar-refractivity contribution in [1.29, 1.82) is 0 Å². The first-order valence-corrected chi connectivity index (χ1v) is 9.29. The Morgan fingerprint density at radius 1 is 1.04 bits per heavy atom. The number of pyridine rings is 1. The van der Waals surface area contributed by atoms with Crippen molar-refractivity contribution < 1.29 is 4.74 Å². The summed E-state index contributed by atoms with van der Waals surface area (Å²) in [6.45, 7) is 5.96. The number of aryl methyl sites for hydroxylation is 1. The number of para-hydroxylation sites is 1. The van der Waals surface area contributed by atoms with Gasteiger partial charge >= 0.3 is 0 Å². The molecule has 0 aliphatic carbocycles. The van der Waals surface area contributed by atoms with Gasteiger partial charge < -0.3 is 4.74 Å². The van der Waals surface area contributed by atoms with Gasteiger partial charge in [-0.15, -0.1) is 0 Å². The van der Waals surface area contributed by atoms with Crippen LogP contribution in [-0.2, 0) is 0 Å². The number of rotatable bonds is 5. The van der Waals surface area contributed by atoms with Gasteiger partial charge in [0.05, 0.1) is 11.1 Å². The second kappa shape index (κ2) is 7.34. The van der Waals surface area contributed by atoms with Gasteiger partial charge in [-0.05, 0) is 68.1 Å². The number of hydrogen-bond acceptors (Lipinski definition) is 3. The molecular weight excluding hydrogens is 324 g/mol. The standard InChI is InChI=1S/C22H24N2O2/c1-17-6-2-3-7-21(17)24-13-10-18-8-9-19(16-20(18)22(24)25)26-15-14-23-11-4-5-12-23/h2-3,6-10,13,16H,4-5,11-12,14-15H2,1H3. The molecule has 2 heterocycles. The predicted octanol–water partition coefficient (Wildman–Crippen LogP) is 3.77. The van der Waals surface area contributed by atoms with Gasteiger partial charge in [0.1, 0.15) is 12.4 Å². The Balaban J connectivity index is 1.61. The highest BCUT2D eigenvalue weighted by atomic mass is 16.5. The number of ether oxygens (including phenoxy) is 1. The first-order chi connectivity index (χ1) is 12.7. The smallest absolute Gasteiger partial charge is 0.263 e. The lowest BCUT2D eigenvalue weighted by Gasteiger charge is -2.15. The van der Waals surface area contributed by atoms with Crippen LogP contribution in [0.1, 0.15) is 18.4 Å². The molecule has 0 bridgehead atoms. The van der Waals surface area contributed by atoms with Gasteiger partial charge in [0.25, 0.3) is 5.56 Å². The summed E-state index contributed by atoms with van der Waals surface area (Å²) in [4.78, 5) is 15.4. The van der Waals surface area contributed by atoms with E-state index in [0.29, 0.717) is 12.0 Å². The van der Waals surface area contributed by atoms with E-state index in [9.17, 15) is 4.79 Å². The summed E-state index contributed by atoms with van der Waals surface area (Å²) < 4.78 is 7.62. The molecule has 1 saturated heterocycles. The number of hydrogen-bond donors (Lipinski definition) is 0. The average molecular weight is 348 g/mol. The van der Waals surface area contributed by atoms with Crippen molar-refractivity contribution in [2.24, 2.45) is 0 Å². The lowest BCUT2D eigenvalue weighted by molar-refractivity contribution is 0.238. The van der Waals surface area contributed by atoms with E-state index in [4.69, 9.17) is 4.74 Å². The van der Waals surface area contributed by atoms with Crippen LogP contribution in [0.5, 0.6) is 5.75 Å². The Labute approximate surface area is 153 Å². The molecular formula is C22H24N2O2. The van der Waals surface area contributed by atoms with Crippen LogP contribution in [0.25, 0.3) is 16.5 Å². The van der Waals surface area contributed by atoms with Crippen molar-refractivity contribution in [1.82, 2.24) is 9.47 Å². The van der Waals surface area contributed by atoms with Crippen molar-refractivity contribution in [2.45, 2.75) is 19.8 Å². The molecule has 0 atom stereocenters. The molecule has 0 amide bonds. The van der Waals surface area contributed by atoms with Gasteiger partial charge in [-0.3, -0.25) is 14.3 Å². The van der Waals surface area contributed by atoms with Crippen LogP contribution < -0.4 is 10.3 Å². The normalized spacial score (nSPS) is 14.8. The highest BCUT2D eigenvalue weighted by molar-refractivity contribution is 5.83. The third-order valence-corrected chi connectivity index (χ3v) is 5.13. The predicted molar refractivity (Wildman–Crippen MR) is 105 cm³/mol. The fourth-order valence-corrected chi connectivity index (χ4v) is 3.63. The second-order valence-electron chi connectivity index (χ2n) is 6.92. The molecule has 0 radical (unpaired) electrons. The van der Waals surface area contributed by atoms with Crippen LogP contribution in [-0.4, -0.2) is 35.7 Å². The van der Waals surface area contributed by atoms with E-state index in [1.807, 2.05) is 61.7 Å². The molecule has 1 aliphatic heterocycles. The van der Waals surface area contributed by atoms with Crippen LogP contribution >= 0.6 is 0 Å². The molecule has 0 unspecified atom stereocenters.